The monoisotopic (exact) mass is 410 g/mol. The summed E-state index contributed by atoms with van der Waals surface area (Å²) in [7, 11) is 4.35. The number of benzene rings is 1. The molecular formula is C17H23IN4. The van der Waals surface area contributed by atoms with Crippen LogP contribution in [0.1, 0.15) is 25.7 Å². The van der Waals surface area contributed by atoms with Crippen LogP contribution in [0.5, 0.6) is 0 Å². The van der Waals surface area contributed by atoms with Crippen molar-refractivity contribution in [2.75, 3.05) is 25.1 Å². The smallest absolute Gasteiger partial charge is 0.0743 e. The van der Waals surface area contributed by atoms with E-state index in [4.69, 9.17) is 5.73 Å². The first-order valence-corrected chi connectivity index (χ1v) is 8.89. The average molecular weight is 410 g/mol. The number of halogens is 1. The molecule has 4 nitrogen and oxygen atoms in total. The quantitative estimate of drug-likeness (QED) is 0.758. The second-order valence-electron chi connectivity index (χ2n) is 6.36. The van der Waals surface area contributed by atoms with Gasteiger partial charge in [0.05, 0.1) is 23.1 Å². The predicted molar refractivity (Wildman–Crippen MR) is 102 cm³/mol. The molecule has 1 aliphatic carbocycles. The van der Waals surface area contributed by atoms with E-state index in [9.17, 15) is 0 Å². The van der Waals surface area contributed by atoms with Crippen LogP contribution in [0.3, 0.4) is 0 Å². The Balaban J connectivity index is 1.82. The maximum absolute atomic E-state index is 6.19. The van der Waals surface area contributed by atoms with E-state index in [1.807, 2.05) is 0 Å². The summed E-state index contributed by atoms with van der Waals surface area (Å²) in [6.07, 6.45) is 6.63. The zero-order valence-corrected chi connectivity index (χ0v) is 15.3. The van der Waals surface area contributed by atoms with E-state index in [-0.39, 0.29) is 0 Å². The fourth-order valence-corrected chi connectivity index (χ4v) is 3.77. The Morgan fingerprint density at radius 3 is 2.64 bits per heavy atom. The van der Waals surface area contributed by atoms with Crippen molar-refractivity contribution in [2.24, 2.45) is 0 Å². The first-order valence-electron chi connectivity index (χ1n) is 7.81. The normalized spacial score (nSPS) is 22.2. The molecule has 22 heavy (non-hydrogen) atoms. The number of nitrogens with one attached hydrogen (secondary N) is 1. The molecular weight excluding hydrogens is 387 g/mol. The fraction of sp³-hybridized carbons (Fsp3) is 0.471. The van der Waals surface area contributed by atoms with Gasteiger partial charge in [0, 0.05) is 21.0 Å². The van der Waals surface area contributed by atoms with E-state index in [0.717, 1.165) is 22.3 Å². The summed E-state index contributed by atoms with van der Waals surface area (Å²) in [5.74, 6) is 0. The van der Waals surface area contributed by atoms with E-state index in [1.54, 1.807) is 6.20 Å². The molecule has 0 atom stereocenters. The minimum atomic E-state index is 0.502. The number of pyridine rings is 1. The van der Waals surface area contributed by atoms with Crippen molar-refractivity contribution in [2.45, 2.75) is 37.8 Å². The first-order chi connectivity index (χ1) is 10.5. The zero-order chi connectivity index (χ0) is 15.7. The number of rotatable bonds is 3. The zero-order valence-electron chi connectivity index (χ0n) is 13.1. The van der Waals surface area contributed by atoms with Crippen LogP contribution in [-0.4, -0.2) is 36.1 Å². The highest BCUT2D eigenvalue weighted by atomic mass is 127. The van der Waals surface area contributed by atoms with Gasteiger partial charge in [0.15, 0.2) is 0 Å². The fourth-order valence-electron chi connectivity index (χ4n) is 3.28. The van der Waals surface area contributed by atoms with Crippen molar-refractivity contribution >= 4 is 44.9 Å². The summed E-state index contributed by atoms with van der Waals surface area (Å²) < 4.78 is 1.21. The minimum Gasteiger partial charge on any atom is -0.396 e. The van der Waals surface area contributed by atoms with Gasteiger partial charge < -0.3 is 16.0 Å². The number of anilines is 2. The Labute approximate surface area is 145 Å². The largest absolute Gasteiger partial charge is 0.396 e. The molecule has 5 heteroatoms. The van der Waals surface area contributed by atoms with Gasteiger partial charge in [-0.25, -0.2) is 0 Å². The van der Waals surface area contributed by atoms with Crippen LogP contribution in [0.4, 0.5) is 11.4 Å². The molecule has 118 valence electrons. The lowest BCUT2D eigenvalue weighted by Crippen LogP contribution is -2.36. The number of hydrogen-bond donors (Lipinski definition) is 2. The van der Waals surface area contributed by atoms with Crippen molar-refractivity contribution in [1.29, 1.82) is 0 Å². The third-order valence-electron chi connectivity index (χ3n) is 4.63. The van der Waals surface area contributed by atoms with Gasteiger partial charge in [-0.05, 0) is 80.6 Å². The molecule has 2 aromatic rings. The minimum absolute atomic E-state index is 0.502. The summed E-state index contributed by atoms with van der Waals surface area (Å²) in [4.78, 5) is 6.78. The van der Waals surface area contributed by atoms with E-state index >= 15 is 0 Å². The second-order valence-corrected chi connectivity index (χ2v) is 7.61. The topological polar surface area (TPSA) is 54.2 Å². The maximum atomic E-state index is 6.19. The SMILES string of the molecule is CN(C)C1CCC(Nc2c(N)cnc3ccc(I)cc23)CC1. The van der Waals surface area contributed by atoms with Gasteiger partial charge in [0.1, 0.15) is 0 Å². The van der Waals surface area contributed by atoms with Gasteiger partial charge in [-0.15, -0.1) is 0 Å². The summed E-state index contributed by atoms with van der Waals surface area (Å²) in [6.45, 7) is 0. The predicted octanol–water partition coefficient (Wildman–Crippen LogP) is 3.71. The molecule has 0 unspecified atom stereocenters. The molecule has 1 heterocycles. The van der Waals surface area contributed by atoms with Crippen molar-refractivity contribution in [3.63, 3.8) is 0 Å². The Bertz CT molecular complexity index is 658. The van der Waals surface area contributed by atoms with Crippen LogP contribution >= 0.6 is 22.6 Å². The van der Waals surface area contributed by atoms with Gasteiger partial charge in [-0.3, -0.25) is 4.98 Å². The van der Waals surface area contributed by atoms with E-state index in [1.165, 1.54) is 29.3 Å². The Morgan fingerprint density at radius 1 is 1.23 bits per heavy atom. The van der Waals surface area contributed by atoms with E-state index in [0.29, 0.717) is 12.1 Å². The third kappa shape index (κ3) is 3.30. The summed E-state index contributed by atoms with van der Waals surface area (Å²) in [6, 6.07) is 7.52. The van der Waals surface area contributed by atoms with Crippen LogP contribution in [0, 0.1) is 3.57 Å². The Kier molecular flexibility index (Phi) is 4.73. The van der Waals surface area contributed by atoms with Gasteiger partial charge in [-0.1, -0.05) is 0 Å². The molecule has 0 bridgehead atoms. The maximum Gasteiger partial charge on any atom is 0.0743 e. The molecule has 0 spiro atoms. The van der Waals surface area contributed by atoms with Crippen LogP contribution in [0.25, 0.3) is 10.9 Å². The van der Waals surface area contributed by atoms with Crippen LogP contribution in [-0.2, 0) is 0 Å². The van der Waals surface area contributed by atoms with Crippen molar-refractivity contribution in [3.8, 4) is 0 Å². The van der Waals surface area contributed by atoms with Gasteiger partial charge in [0.2, 0.25) is 0 Å². The van der Waals surface area contributed by atoms with Crippen molar-refractivity contribution in [3.05, 3.63) is 28.0 Å². The number of hydrogen-bond acceptors (Lipinski definition) is 4. The third-order valence-corrected chi connectivity index (χ3v) is 5.31. The molecule has 1 aromatic heterocycles. The molecule has 1 fully saturated rings. The molecule has 1 aromatic carbocycles. The molecule has 0 amide bonds. The van der Waals surface area contributed by atoms with Crippen LogP contribution in [0.15, 0.2) is 24.4 Å². The van der Waals surface area contributed by atoms with Gasteiger partial charge >= 0.3 is 0 Å². The molecule has 3 rings (SSSR count). The molecule has 0 radical (unpaired) electrons. The lowest BCUT2D eigenvalue weighted by atomic mass is 9.90. The number of aromatic nitrogens is 1. The molecule has 1 aliphatic rings. The highest BCUT2D eigenvalue weighted by Crippen LogP contribution is 2.32. The molecule has 0 saturated heterocycles. The van der Waals surface area contributed by atoms with Crippen molar-refractivity contribution in [1.82, 2.24) is 9.88 Å². The lowest BCUT2D eigenvalue weighted by molar-refractivity contribution is 0.221. The Hall–Kier alpha value is -1.08. The highest BCUT2D eigenvalue weighted by molar-refractivity contribution is 14.1. The van der Waals surface area contributed by atoms with Crippen LogP contribution in [0.2, 0.25) is 0 Å². The summed E-state index contributed by atoms with van der Waals surface area (Å²) in [5, 5.41) is 4.82. The van der Waals surface area contributed by atoms with Crippen molar-refractivity contribution < 1.29 is 0 Å². The number of nitrogen functional groups attached to an aromatic ring is 1. The highest BCUT2D eigenvalue weighted by Gasteiger charge is 2.23. The number of fused-ring (bicyclic) bond motifs is 1. The van der Waals surface area contributed by atoms with Gasteiger partial charge in [0.25, 0.3) is 0 Å². The molecule has 3 N–H and O–H groups in total. The van der Waals surface area contributed by atoms with E-state index in [2.05, 4.69) is 70.1 Å². The Morgan fingerprint density at radius 2 is 1.95 bits per heavy atom. The number of nitrogens with two attached hydrogens (primary N) is 1. The number of nitrogens with zero attached hydrogens (tertiary/aromatic N) is 2. The lowest BCUT2D eigenvalue weighted by Gasteiger charge is -2.33. The second kappa shape index (κ2) is 6.58. The standard InChI is InChI=1S/C17H23IN4/c1-22(2)13-6-4-12(5-7-13)21-17-14-9-11(18)3-8-16(14)20-10-15(17)19/h3,8-10,12-13H,4-7,19H2,1-2H3,(H,20,21). The van der Waals surface area contributed by atoms with Crippen LogP contribution < -0.4 is 11.1 Å². The average Bonchev–Trinajstić information content (AvgIpc) is 2.51. The summed E-state index contributed by atoms with van der Waals surface area (Å²) >= 11 is 2.34. The molecule has 0 aliphatic heterocycles. The summed E-state index contributed by atoms with van der Waals surface area (Å²) in [5.41, 5.74) is 8.99. The van der Waals surface area contributed by atoms with E-state index < -0.39 is 0 Å². The molecule has 1 saturated carbocycles. The first kappa shape index (κ1) is 15.8. The van der Waals surface area contributed by atoms with Gasteiger partial charge in [-0.2, -0.15) is 0 Å².